The summed E-state index contributed by atoms with van der Waals surface area (Å²) in [5, 5.41) is 0. The van der Waals surface area contributed by atoms with Crippen LogP contribution in [0.25, 0.3) is 22.6 Å². The van der Waals surface area contributed by atoms with E-state index in [4.69, 9.17) is 4.42 Å². The van der Waals surface area contributed by atoms with Crippen LogP contribution in [0.3, 0.4) is 0 Å². The molecule has 0 saturated heterocycles. The SMILES string of the molecule is Cc1ccc(-c2cnc(C(=O)CCc3ccc(-c4ccccc4)cc3)o2)nc1. The molecule has 4 rings (SSSR count). The van der Waals surface area contributed by atoms with Crippen molar-refractivity contribution in [1.29, 1.82) is 0 Å². The topological polar surface area (TPSA) is 56.0 Å². The zero-order valence-corrected chi connectivity index (χ0v) is 15.6. The monoisotopic (exact) mass is 368 g/mol. The Hall–Kier alpha value is -3.53. The number of nitrogens with zero attached hydrogens (tertiary/aromatic N) is 2. The molecule has 0 aliphatic carbocycles. The Kier molecular flexibility index (Phi) is 5.11. The zero-order chi connectivity index (χ0) is 19.3. The Morgan fingerprint density at radius 3 is 2.32 bits per heavy atom. The van der Waals surface area contributed by atoms with Gasteiger partial charge >= 0.3 is 0 Å². The van der Waals surface area contributed by atoms with E-state index in [2.05, 4.69) is 46.4 Å². The van der Waals surface area contributed by atoms with Gasteiger partial charge in [0.05, 0.1) is 6.20 Å². The van der Waals surface area contributed by atoms with E-state index in [-0.39, 0.29) is 11.7 Å². The molecule has 0 amide bonds. The fourth-order valence-electron chi connectivity index (χ4n) is 2.99. The lowest BCUT2D eigenvalue weighted by molar-refractivity contribution is 0.0950. The van der Waals surface area contributed by atoms with Gasteiger partial charge in [0, 0.05) is 12.6 Å². The predicted octanol–water partition coefficient (Wildman–Crippen LogP) is 5.53. The molecule has 0 spiro atoms. The smallest absolute Gasteiger partial charge is 0.263 e. The molecule has 4 nitrogen and oxygen atoms in total. The second-order valence-electron chi connectivity index (χ2n) is 6.74. The van der Waals surface area contributed by atoms with E-state index in [1.807, 2.05) is 37.3 Å². The molecule has 0 saturated carbocycles. The van der Waals surface area contributed by atoms with E-state index >= 15 is 0 Å². The highest BCUT2D eigenvalue weighted by molar-refractivity contribution is 5.92. The number of carbonyl (C=O) groups excluding carboxylic acids is 1. The van der Waals surface area contributed by atoms with E-state index in [1.54, 1.807) is 12.4 Å². The molecular formula is C24H20N2O2. The molecule has 4 heteroatoms. The molecule has 0 atom stereocenters. The maximum Gasteiger partial charge on any atom is 0.263 e. The number of Topliss-reactive ketones (excluding diaryl/α,β-unsaturated/α-hetero) is 1. The minimum Gasteiger partial charge on any atom is -0.432 e. The molecule has 0 fully saturated rings. The van der Waals surface area contributed by atoms with Crippen molar-refractivity contribution in [1.82, 2.24) is 9.97 Å². The number of hydrogen-bond donors (Lipinski definition) is 0. The van der Waals surface area contributed by atoms with Gasteiger partial charge in [-0.2, -0.15) is 0 Å². The van der Waals surface area contributed by atoms with Crippen LogP contribution in [0.1, 0.15) is 28.2 Å². The number of hydrogen-bond acceptors (Lipinski definition) is 4. The number of aromatic nitrogens is 2. The second-order valence-corrected chi connectivity index (χ2v) is 6.74. The van der Waals surface area contributed by atoms with Crippen LogP contribution in [0.5, 0.6) is 0 Å². The standard InChI is InChI=1S/C24H20N2O2/c1-17-7-13-21(25-15-17)23-16-26-24(28-23)22(27)14-10-18-8-11-20(12-9-18)19-5-3-2-4-6-19/h2-9,11-13,15-16H,10,14H2,1H3. The minimum absolute atomic E-state index is 0.106. The summed E-state index contributed by atoms with van der Waals surface area (Å²) in [7, 11) is 0. The van der Waals surface area contributed by atoms with Gasteiger partial charge in [-0.3, -0.25) is 9.78 Å². The van der Waals surface area contributed by atoms with E-state index < -0.39 is 0 Å². The molecule has 138 valence electrons. The number of benzene rings is 2. The summed E-state index contributed by atoms with van der Waals surface area (Å²) in [4.78, 5) is 20.9. The predicted molar refractivity (Wildman–Crippen MR) is 109 cm³/mol. The Labute approximate surface area is 163 Å². The van der Waals surface area contributed by atoms with Crippen LogP contribution < -0.4 is 0 Å². The molecule has 0 radical (unpaired) electrons. The Morgan fingerprint density at radius 1 is 0.857 bits per heavy atom. The van der Waals surface area contributed by atoms with E-state index in [1.165, 1.54) is 11.1 Å². The highest BCUT2D eigenvalue weighted by Crippen LogP contribution is 2.21. The van der Waals surface area contributed by atoms with E-state index in [9.17, 15) is 4.79 Å². The average molecular weight is 368 g/mol. The van der Waals surface area contributed by atoms with E-state index in [0.717, 1.165) is 11.1 Å². The third-order valence-electron chi connectivity index (χ3n) is 4.61. The van der Waals surface area contributed by atoms with Crippen LogP contribution in [0, 0.1) is 6.92 Å². The molecule has 0 unspecified atom stereocenters. The van der Waals surface area contributed by atoms with Gasteiger partial charge in [0.25, 0.3) is 5.89 Å². The van der Waals surface area contributed by atoms with Crippen LogP contribution in [0.2, 0.25) is 0 Å². The summed E-state index contributed by atoms with van der Waals surface area (Å²) >= 11 is 0. The van der Waals surface area contributed by atoms with Crippen LogP contribution in [0.15, 0.2) is 83.5 Å². The molecule has 4 aromatic rings. The molecule has 0 aliphatic heterocycles. The molecule has 2 aromatic heterocycles. The largest absolute Gasteiger partial charge is 0.432 e. The number of aryl methyl sites for hydroxylation is 2. The summed E-state index contributed by atoms with van der Waals surface area (Å²) in [5.41, 5.74) is 5.20. The lowest BCUT2D eigenvalue weighted by Gasteiger charge is -2.04. The van der Waals surface area contributed by atoms with Crippen molar-refractivity contribution in [2.45, 2.75) is 19.8 Å². The van der Waals surface area contributed by atoms with Gasteiger partial charge in [-0.25, -0.2) is 4.98 Å². The first-order chi connectivity index (χ1) is 13.7. The summed E-state index contributed by atoms with van der Waals surface area (Å²) in [6.07, 6.45) is 4.32. The van der Waals surface area contributed by atoms with Crippen molar-refractivity contribution >= 4 is 5.78 Å². The minimum atomic E-state index is -0.106. The average Bonchev–Trinajstić information content (AvgIpc) is 3.24. The second kappa shape index (κ2) is 8.01. The van der Waals surface area contributed by atoms with Crippen LogP contribution in [-0.4, -0.2) is 15.8 Å². The van der Waals surface area contributed by atoms with Gasteiger partial charge in [0.1, 0.15) is 5.69 Å². The quantitative estimate of drug-likeness (QED) is 0.420. The molecule has 28 heavy (non-hydrogen) atoms. The maximum absolute atomic E-state index is 12.4. The lowest BCUT2D eigenvalue weighted by atomic mass is 10.0. The maximum atomic E-state index is 12.4. The van der Waals surface area contributed by atoms with Crippen molar-refractivity contribution < 1.29 is 9.21 Å². The number of ketones is 1. The molecule has 2 heterocycles. The van der Waals surface area contributed by atoms with Crippen molar-refractivity contribution in [3.63, 3.8) is 0 Å². The zero-order valence-electron chi connectivity index (χ0n) is 15.6. The molecular weight excluding hydrogens is 348 g/mol. The van der Waals surface area contributed by atoms with Crippen LogP contribution in [0.4, 0.5) is 0 Å². The van der Waals surface area contributed by atoms with Gasteiger partial charge < -0.3 is 4.42 Å². The fourth-order valence-corrected chi connectivity index (χ4v) is 2.99. The Balaban J connectivity index is 1.39. The molecule has 0 N–H and O–H groups in total. The van der Waals surface area contributed by atoms with Gasteiger partial charge in [-0.15, -0.1) is 0 Å². The molecule has 0 aliphatic rings. The third kappa shape index (κ3) is 4.07. The van der Waals surface area contributed by atoms with Gasteiger partial charge in [-0.1, -0.05) is 60.7 Å². The van der Waals surface area contributed by atoms with Gasteiger partial charge in [0.15, 0.2) is 5.76 Å². The van der Waals surface area contributed by atoms with Gasteiger partial charge in [-0.05, 0) is 41.7 Å². The normalized spacial score (nSPS) is 10.8. The number of carbonyl (C=O) groups is 1. The molecule has 2 aromatic carbocycles. The number of pyridine rings is 1. The highest BCUT2D eigenvalue weighted by atomic mass is 16.4. The van der Waals surface area contributed by atoms with Crippen LogP contribution >= 0.6 is 0 Å². The van der Waals surface area contributed by atoms with Crippen LogP contribution in [-0.2, 0) is 6.42 Å². The number of oxazole rings is 1. The van der Waals surface area contributed by atoms with Crippen molar-refractivity contribution in [3.05, 3.63) is 96.1 Å². The summed E-state index contributed by atoms with van der Waals surface area (Å²) in [5.74, 6) is 0.541. The number of rotatable bonds is 6. The van der Waals surface area contributed by atoms with Crippen molar-refractivity contribution in [2.75, 3.05) is 0 Å². The summed E-state index contributed by atoms with van der Waals surface area (Å²) in [6.45, 7) is 1.97. The lowest BCUT2D eigenvalue weighted by Crippen LogP contribution is -2.01. The summed E-state index contributed by atoms with van der Waals surface area (Å²) < 4.78 is 5.61. The van der Waals surface area contributed by atoms with Crippen molar-refractivity contribution in [2.24, 2.45) is 0 Å². The third-order valence-corrected chi connectivity index (χ3v) is 4.61. The Bertz CT molecular complexity index is 1070. The first-order valence-electron chi connectivity index (χ1n) is 9.25. The highest BCUT2D eigenvalue weighted by Gasteiger charge is 2.15. The fraction of sp³-hybridized carbons (Fsp3) is 0.125. The van der Waals surface area contributed by atoms with E-state index in [0.29, 0.717) is 24.3 Å². The van der Waals surface area contributed by atoms with Crippen molar-refractivity contribution in [3.8, 4) is 22.6 Å². The summed E-state index contributed by atoms with van der Waals surface area (Å²) in [6, 6.07) is 22.3. The first-order valence-corrected chi connectivity index (χ1v) is 9.25. The Morgan fingerprint density at radius 2 is 1.61 bits per heavy atom. The first kappa shape index (κ1) is 17.9. The van der Waals surface area contributed by atoms with Gasteiger partial charge in [0.2, 0.25) is 5.78 Å². The molecule has 0 bridgehead atoms.